The summed E-state index contributed by atoms with van der Waals surface area (Å²) in [5, 5.41) is 8.89. The van der Waals surface area contributed by atoms with Crippen LogP contribution in [0.15, 0.2) is 79.5 Å². The molecule has 3 aromatic rings. The van der Waals surface area contributed by atoms with Crippen LogP contribution in [0.3, 0.4) is 0 Å². The summed E-state index contributed by atoms with van der Waals surface area (Å²) in [4.78, 5) is 7.22. The lowest BCUT2D eigenvalue weighted by Crippen LogP contribution is -2.57. The van der Waals surface area contributed by atoms with Crippen molar-refractivity contribution in [1.29, 1.82) is 0 Å². The largest absolute Gasteiger partial charge is 0.354 e. The van der Waals surface area contributed by atoms with Gasteiger partial charge in [-0.3, -0.25) is 9.88 Å². The number of piperidine rings is 3. The van der Waals surface area contributed by atoms with Gasteiger partial charge in [-0.15, -0.1) is 6.58 Å². The number of aromatic nitrogens is 1. The molecule has 31 heavy (non-hydrogen) atoms. The summed E-state index contributed by atoms with van der Waals surface area (Å²) in [6, 6.07) is 21.1. The summed E-state index contributed by atoms with van der Waals surface area (Å²) >= 11 is 5.76. The molecule has 6 rings (SSSR count). The first-order chi connectivity index (χ1) is 15.2. The lowest BCUT2D eigenvalue weighted by Gasteiger charge is -2.52. The van der Waals surface area contributed by atoms with Crippen LogP contribution in [0.25, 0.3) is 10.9 Å². The quantitative estimate of drug-likeness (QED) is 0.434. The molecule has 3 unspecified atom stereocenters. The molecule has 3 fully saturated rings. The first kappa shape index (κ1) is 20.2. The number of rotatable bonds is 5. The van der Waals surface area contributed by atoms with Crippen molar-refractivity contribution in [2.45, 2.75) is 24.9 Å². The van der Waals surface area contributed by atoms with E-state index < -0.39 is 0 Å². The SMILES string of the molecule is C=CC1CN2CCC1C[C@H]2[C@@H](NC(=S)Nc1ccccc1)c1ccnc2ccccc12. The normalized spacial score (nSPS) is 25.7. The van der Waals surface area contributed by atoms with Crippen LogP contribution in [-0.2, 0) is 0 Å². The number of anilines is 1. The van der Waals surface area contributed by atoms with Gasteiger partial charge in [0, 0.05) is 29.9 Å². The van der Waals surface area contributed by atoms with E-state index in [0.29, 0.717) is 23.0 Å². The fourth-order valence-electron chi connectivity index (χ4n) is 5.32. The number of hydrogen-bond acceptors (Lipinski definition) is 3. The molecule has 4 nitrogen and oxygen atoms in total. The second-order valence-corrected chi connectivity index (χ2v) is 9.01. The molecule has 3 aliphatic rings. The highest BCUT2D eigenvalue weighted by atomic mass is 32.1. The first-order valence-corrected chi connectivity index (χ1v) is 11.5. The Morgan fingerprint density at radius 3 is 2.71 bits per heavy atom. The van der Waals surface area contributed by atoms with Crippen LogP contribution in [0.2, 0.25) is 0 Å². The molecule has 3 saturated heterocycles. The minimum absolute atomic E-state index is 0.0881. The van der Waals surface area contributed by atoms with Gasteiger partial charge in [0.1, 0.15) is 0 Å². The van der Waals surface area contributed by atoms with E-state index in [1.54, 1.807) is 0 Å². The second-order valence-electron chi connectivity index (χ2n) is 8.61. The summed E-state index contributed by atoms with van der Waals surface area (Å²) in [6.45, 7) is 6.31. The van der Waals surface area contributed by atoms with E-state index in [-0.39, 0.29) is 6.04 Å². The summed E-state index contributed by atoms with van der Waals surface area (Å²) in [5.74, 6) is 1.29. The molecule has 0 amide bonds. The molecule has 0 spiro atoms. The van der Waals surface area contributed by atoms with Crippen molar-refractivity contribution in [2.75, 3.05) is 18.4 Å². The zero-order valence-electron chi connectivity index (χ0n) is 17.6. The van der Waals surface area contributed by atoms with Crippen LogP contribution < -0.4 is 10.6 Å². The third-order valence-corrected chi connectivity index (χ3v) is 7.09. The van der Waals surface area contributed by atoms with Gasteiger partial charge in [-0.2, -0.15) is 0 Å². The minimum Gasteiger partial charge on any atom is -0.354 e. The summed E-state index contributed by atoms with van der Waals surface area (Å²) in [5.41, 5.74) is 3.28. The molecule has 2 aromatic carbocycles. The van der Waals surface area contributed by atoms with Gasteiger partial charge in [0.05, 0.1) is 11.6 Å². The number of hydrogen-bond donors (Lipinski definition) is 2. The third-order valence-electron chi connectivity index (χ3n) is 6.87. The Morgan fingerprint density at radius 2 is 1.94 bits per heavy atom. The summed E-state index contributed by atoms with van der Waals surface area (Å²) in [7, 11) is 0. The van der Waals surface area contributed by atoms with Crippen LogP contribution in [0.1, 0.15) is 24.4 Å². The lowest BCUT2D eigenvalue weighted by atomic mass is 9.73. The average Bonchev–Trinajstić information content (AvgIpc) is 2.83. The lowest BCUT2D eigenvalue weighted by molar-refractivity contribution is 0.00443. The topological polar surface area (TPSA) is 40.2 Å². The highest BCUT2D eigenvalue weighted by molar-refractivity contribution is 7.80. The zero-order chi connectivity index (χ0) is 21.2. The number of nitrogens with one attached hydrogen (secondary N) is 2. The molecule has 158 valence electrons. The van der Waals surface area contributed by atoms with E-state index in [4.69, 9.17) is 12.2 Å². The molecule has 2 N–H and O–H groups in total. The first-order valence-electron chi connectivity index (χ1n) is 11.1. The van der Waals surface area contributed by atoms with Gasteiger partial charge in [-0.1, -0.05) is 42.5 Å². The molecular formula is C26H28N4S. The Hall–Kier alpha value is -2.76. The van der Waals surface area contributed by atoms with Crippen molar-refractivity contribution in [3.05, 3.63) is 85.1 Å². The third kappa shape index (κ3) is 4.08. The van der Waals surface area contributed by atoms with Gasteiger partial charge in [-0.05, 0) is 73.3 Å². The molecule has 2 bridgehead atoms. The number of fused-ring (bicyclic) bond motifs is 4. The molecular weight excluding hydrogens is 400 g/mol. The summed E-state index contributed by atoms with van der Waals surface area (Å²) < 4.78 is 0. The van der Waals surface area contributed by atoms with Gasteiger partial charge >= 0.3 is 0 Å². The Bertz CT molecular complexity index is 1080. The van der Waals surface area contributed by atoms with Gasteiger partial charge in [0.2, 0.25) is 0 Å². The van der Waals surface area contributed by atoms with Gasteiger partial charge in [0.25, 0.3) is 0 Å². The number of benzene rings is 2. The molecule has 3 aliphatic heterocycles. The minimum atomic E-state index is 0.0881. The highest BCUT2D eigenvalue weighted by Gasteiger charge is 2.43. The van der Waals surface area contributed by atoms with Gasteiger partial charge < -0.3 is 10.6 Å². The average molecular weight is 429 g/mol. The Kier molecular flexibility index (Phi) is 5.70. The molecule has 0 radical (unpaired) electrons. The maximum absolute atomic E-state index is 5.76. The van der Waals surface area contributed by atoms with E-state index in [9.17, 15) is 0 Å². The number of para-hydroxylation sites is 2. The molecule has 0 saturated carbocycles. The van der Waals surface area contributed by atoms with Crippen molar-refractivity contribution in [1.82, 2.24) is 15.2 Å². The van der Waals surface area contributed by atoms with Crippen LogP contribution in [0.5, 0.6) is 0 Å². The Labute approximate surface area is 189 Å². The van der Waals surface area contributed by atoms with Gasteiger partial charge in [-0.25, -0.2) is 0 Å². The maximum atomic E-state index is 5.76. The molecule has 5 atom stereocenters. The van der Waals surface area contributed by atoms with Crippen molar-refractivity contribution in [2.24, 2.45) is 11.8 Å². The predicted octanol–water partition coefficient (Wildman–Crippen LogP) is 5.16. The van der Waals surface area contributed by atoms with E-state index >= 15 is 0 Å². The fourth-order valence-corrected chi connectivity index (χ4v) is 5.57. The van der Waals surface area contributed by atoms with E-state index in [2.05, 4.69) is 57.4 Å². The van der Waals surface area contributed by atoms with Gasteiger partial charge in [0.15, 0.2) is 5.11 Å². The number of thiocarbonyl (C=S) groups is 1. The fraction of sp³-hybridized carbons (Fsp3) is 0.308. The van der Waals surface area contributed by atoms with Crippen LogP contribution in [-0.4, -0.2) is 34.1 Å². The van der Waals surface area contributed by atoms with E-state index in [0.717, 1.165) is 30.7 Å². The standard InChI is InChI=1S/C26H28N4S/c1-2-18-17-30-15-13-19(18)16-24(30)25(29-26(31)28-20-8-4-3-5-9-20)22-12-14-27-23-11-7-6-10-21(22)23/h2-12,14,18-19,24-25H,1,13,15-17H2,(H2,28,29,31)/t18?,19?,24-,25-/m0/s1. The smallest absolute Gasteiger partial charge is 0.171 e. The monoisotopic (exact) mass is 428 g/mol. The predicted molar refractivity (Wildman–Crippen MR) is 132 cm³/mol. The van der Waals surface area contributed by atoms with Crippen LogP contribution in [0.4, 0.5) is 5.69 Å². The zero-order valence-corrected chi connectivity index (χ0v) is 18.4. The van der Waals surface area contributed by atoms with Crippen molar-refractivity contribution in [3.63, 3.8) is 0 Å². The van der Waals surface area contributed by atoms with E-state index in [1.165, 1.54) is 17.4 Å². The van der Waals surface area contributed by atoms with Crippen LogP contribution >= 0.6 is 12.2 Å². The van der Waals surface area contributed by atoms with Crippen molar-refractivity contribution in [3.8, 4) is 0 Å². The van der Waals surface area contributed by atoms with Crippen molar-refractivity contribution >= 4 is 33.9 Å². The molecule has 5 heteroatoms. The second kappa shape index (κ2) is 8.77. The Balaban J connectivity index is 1.48. The molecule has 1 aromatic heterocycles. The Morgan fingerprint density at radius 1 is 1.13 bits per heavy atom. The van der Waals surface area contributed by atoms with Crippen LogP contribution in [0, 0.1) is 11.8 Å². The molecule has 0 aliphatic carbocycles. The number of pyridine rings is 1. The number of nitrogens with zero attached hydrogens (tertiary/aromatic N) is 2. The summed E-state index contributed by atoms with van der Waals surface area (Å²) in [6.07, 6.45) is 6.48. The molecule has 4 heterocycles. The van der Waals surface area contributed by atoms with Crippen molar-refractivity contribution < 1.29 is 0 Å². The maximum Gasteiger partial charge on any atom is 0.171 e. The highest BCUT2D eigenvalue weighted by Crippen LogP contribution is 2.42. The van der Waals surface area contributed by atoms with E-state index in [1.807, 2.05) is 42.6 Å².